The van der Waals surface area contributed by atoms with Crippen molar-refractivity contribution in [1.82, 2.24) is 4.98 Å². The van der Waals surface area contributed by atoms with Crippen LogP contribution in [0.5, 0.6) is 5.75 Å². The molecule has 0 atom stereocenters. The van der Waals surface area contributed by atoms with E-state index in [0.29, 0.717) is 0 Å². The molecule has 6 heteroatoms. The highest BCUT2D eigenvalue weighted by molar-refractivity contribution is 5.88. The van der Waals surface area contributed by atoms with Crippen LogP contribution in [0.4, 0.5) is 5.69 Å². The van der Waals surface area contributed by atoms with Crippen molar-refractivity contribution in [3.05, 3.63) is 64.5 Å². The summed E-state index contributed by atoms with van der Waals surface area (Å²) < 4.78 is 4.99. The number of nitro groups is 1. The topological polar surface area (TPSA) is 82.3 Å². The van der Waals surface area contributed by atoms with Gasteiger partial charge in [-0.2, -0.15) is 0 Å². The molecule has 0 bridgehead atoms. The molecule has 90 valence electrons. The number of rotatable bonds is 3. The Morgan fingerprint density at radius 3 is 2.72 bits per heavy atom. The van der Waals surface area contributed by atoms with E-state index in [-0.39, 0.29) is 17.1 Å². The first-order chi connectivity index (χ1) is 8.66. The summed E-state index contributed by atoms with van der Waals surface area (Å²) in [5.74, 6) is -0.545. The molecule has 0 aliphatic carbocycles. The van der Waals surface area contributed by atoms with Crippen molar-refractivity contribution in [1.29, 1.82) is 0 Å². The molecule has 1 aromatic heterocycles. The zero-order chi connectivity index (χ0) is 13.0. The Labute approximate surface area is 102 Å². The second-order valence-electron chi connectivity index (χ2n) is 3.36. The second-order valence-corrected chi connectivity index (χ2v) is 3.36. The second kappa shape index (κ2) is 5.05. The summed E-state index contributed by atoms with van der Waals surface area (Å²) in [7, 11) is 0. The van der Waals surface area contributed by atoms with E-state index in [1.54, 1.807) is 12.1 Å². The van der Waals surface area contributed by atoms with Crippen LogP contribution in [0.2, 0.25) is 0 Å². The molecule has 1 aromatic carbocycles. The molecule has 0 aliphatic rings. The standard InChI is InChI=1S/C12H8N2O4/c15-12(11-6-1-2-7-13-11)18-10-5-3-4-9(8-10)14(16)17/h1-8H. The molecule has 1 heterocycles. The first kappa shape index (κ1) is 11.7. The lowest BCUT2D eigenvalue weighted by Crippen LogP contribution is -2.10. The van der Waals surface area contributed by atoms with Crippen molar-refractivity contribution < 1.29 is 14.5 Å². The first-order valence-electron chi connectivity index (χ1n) is 5.04. The molecular weight excluding hydrogens is 236 g/mol. The molecule has 2 aromatic rings. The van der Waals surface area contributed by atoms with Crippen LogP contribution in [0.15, 0.2) is 48.7 Å². The Balaban J connectivity index is 2.17. The Morgan fingerprint density at radius 2 is 2.06 bits per heavy atom. The maximum Gasteiger partial charge on any atom is 0.362 e. The zero-order valence-electron chi connectivity index (χ0n) is 9.15. The number of carbonyl (C=O) groups is 1. The molecule has 0 fully saturated rings. The number of nitro benzene ring substituents is 1. The quantitative estimate of drug-likeness (QED) is 0.358. The van der Waals surface area contributed by atoms with Gasteiger partial charge in [0.25, 0.3) is 5.69 Å². The van der Waals surface area contributed by atoms with Crippen molar-refractivity contribution in [3.63, 3.8) is 0 Å². The van der Waals surface area contributed by atoms with E-state index in [0.717, 1.165) is 0 Å². The van der Waals surface area contributed by atoms with Crippen molar-refractivity contribution >= 4 is 11.7 Å². The minimum Gasteiger partial charge on any atom is -0.422 e. The number of hydrogen-bond donors (Lipinski definition) is 0. The summed E-state index contributed by atoms with van der Waals surface area (Å²) in [5.41, 5.74) is 0.00493. The van der Waals surface area contributed by atoms with E-state index >= 15 is 0 Å². The number of benzene rings is 1. The maximum absolute atomic E-state index is 11.6. The van der Waals surface area contributed by atoms with Crippen molar-refractivity contribution in [3.8, 4) is 5.75 Å². The van der Waals surface area contributed by atoms with Gasteiger partial charge in [-0.15, -0.1) is 0 Å². The van der Waals surface area contributed by atoms with Crippen LogP contribution in [0, 0.1) is 10.1 Å². The van der Waals surface area contributed by atoms with Crippen LogP contribution in [0.1, 0.15) is 10.5 Å². The predicted molar refractivity (Wildman–Crippen MR) is 62.3 cm³/mol. The van der Waals surface area contributed by atoms with Gasteiger partial charge in [-0.25, -0.2) is 9.78 Å². The molecule has 0 amide bonds. The van der Waals surface area contributed by atoms with Crippen LogP contribution >= 0.6 is 0 Å². The summed E-state index contributed by atoms with van der Waals surface area (Å²) in [5, 5.41) is 10.6. The lowest BCUT2D eigenvalue weighted by molar-refractivity contribution is -0.384. The first-order valence-corrected chi connectivity index (χ1v) is 5.04. The molecule has 0 unspecified atom stereocenters. The third-order valence-electron chi connectivity index (χ3n) is 2.11. The smallest absolute Gasteiger partial charge is 0.362 e. The van der Waals surface area contributed by atoms with Gasteiger partial charge < -0.3 is 4.74 Å². The van der Waals surface area contributed by atoms with Crippen LogP contribution < -0.4 is 4.74 Å². The summed E-state index contributed by atoms with van der Waals surface area (Å²) in [6.45, 7) is 0. The Hall–Kier alpha value is -2.76. The average molecular weight is 244 g/mol. The van der Waals surface area contributed by atoms with Crippen molar-refractivity contribution in [2.75, 3.05) is 0 Å². The van der Waals surface area contributed by atoms with Gasteiger partial charge in [0.1, 0.15) is 11.4 Å². The van der Waals surface area contributed by atoms with E-state index in [4.69, 9.17) is 4.74 Å². The molecule has 0 saturated carbocycles. The SMILES string of the molecule is O=C(Oc1cccc([N+](=O)[O-])c1)c1ccccn1. The number of aromatic nitrogens is 1. The number of pyridine rings is 1. The van der Waals surface area contributed by atoms with Crippen LogP contribution in [-0.4, -0.2) is 15.9 Å². The molecule has 6 nitrogen and oxygen atoms in total. The summed E-state index contributed by atoms with van der Waals surface area (Å²) >= 11 is 0. The highest BCUT2D eigenvalue weighted by Gasteiger charge is 2.12. The van der Waals surface area contributed by atoms with Crippen molar-refractivity contribution in [2.24, 2.45) is 0 Å². The molecule has 0 radical (unpaired) electrons. The lowest BCUT2D eigenvalue weighted by atomic mass is 10.3. The molecule has 0 spiro atoms. The van der Waals surface area contributed by atoms with Gasteiger partial charge in [0.15, 0.2) is 0 Å². The normalized spacial score (nSPS) is 9.78. The minimum absolute atomic E-state index is 0.111. The van der Waals surface area contributed by atoms with Gasteiger partial charge in [-0.05, 0) is 18.2 Å². The Morgan fingerprint density at radius 1 is 1.22 bits per heavy atom. The lowest BCUT2D eigenvalue weighted by Gasteiger charge is -2.02. The predicted octanol–water partition coefficient (Wildman–Crippen LogP) is 2.21. The fourth-order valence-corrected chi connectivity index (χ4v) is 1.30. The molecule has 0 saturated heterocycles. The Kier molecular flexibility index (Phi) is 3.29. The summed E-state index contributed by atoms with van der Waals surface area (Å²) in [6, 6.07) is 10.2. The van der Waals surface area contributed by atoms with E-state index in [1.807, 2.05) is 0 Å². The van der Waals surface area contributed by atoms with Gasteiger partial charge >= 0.3 is 5.97 Å². The third-order valence-corrected chi connectivity index (χ3v) is 2.11. The zero-order valence-corrected chi connectivity index (χ0v) is 9.15. The number of hydrogen-bond acceptors (Lipinski definition) is 5. The fraction of sp³-hybridized carbons (Fsp3) is 0. The van der Waals surface area contributed by atoms with Crippen LogP contribution in [0.25, 0.3) is 0 Å². The van der Waals surface area contributed by atoms with Gasteiger partial charge in [0.05, 0.1) is 11.0 Å². The molecule has 2 rings (SSSR count). The van der Waals surface area contributed by atoms with E-state index in [1.165, 1.54) is 36.5 Å². The van der Waals surface area contributed by atoms with Gasteiger partial charge in [-0.3, -0.25) is 10.1 Å². The number of non-ortho nitro benzene ring substituents is 1. The molecular formula is C12H8N2O4. The summed E-state index contributed by atoms with van der Waals surface area (Å²) in [6.07, 6.45) is 1.46. The van der Waals surface area contributed by atoms with Gasteiger partial charge in [0, 0.05) is 12.3 Å². The molecule has 0 aliphatic heterocycles. The third kappa shape index (κ3) is 2.67. The van der Waals surface area contributed by atoms with E-state index in [2.05, 4.69) is 4.98 Å². The Bertz CT molecular complexity index is 584. The number of ether oxygens (including phenoxy) is 1. The number of nitrogens with zero attached hydrogens (tertiary/aromatic N) is 2. The number of carbonyl (C=O) groups excluding carboxylic acids is 1. The number of esters is 1. The van der Waals surface area contributed by atoms with Crippen LogP contribution in [-0.2, 0) is 0 Å². The largest absolute Gasteiger partial charge is 0.422 e. The molecule has 0 N–H and O–H groups in total. The van der Waals surface area contributed by atoms with Gasteiger partial charge in [-0.1, -0.05) is 12.1 Å². The van der Waals surface area contributed by atoms with Crippen molar-refractivity contribution in [2.45, 2.75) is 0 Å². The average Bonchev–Trinajstić information content (AvgIpc) is 2.40. The monoisotopic (exact) mass is 244 g/mol. The van der Waals surface area contributed by atoms with E-state index < -0.39 is 10.9 Å². The van der Waals surface area contributed by atoms with Crippen LogP contribution in [0.3, 0.4) is 0 Å². The highest BCUT2D eigenvalue weighted by Crippen LogP contribution is 2.19. The fourth-order valence-electron chi connectivity index (χ4n) is 1.30. The minimum atomic E-state index is -0.656. The summed E-state index contributed by atoms with van der Waals surface area (Å²) in [4.78, 5) is 25.5. The maximum atomic E-state index is 11.6. The van der Waals surface area contributed by atoms with E-state index in [9.17, 15) is 14.9 Å². The molecule has 18 heavy (non-hydrogen) atoms. The highest BCUT2D eigenvalue weighted by atomic mass is 16.6. The van der Waals surface area contributed by atoms with Gasteiger partial charge in [0.2, 0.25) is 0 Å².